The van der Waals surface area contributed by atoms with Gasteiger partial charge in [-0.25, -0.2) is 4.98 Å². The molecule has 0 unspecified atom stereocenters. The fourth-order valence-corrected chi connectivity index (χ4v) is 3.11. The zero-order chi connectivity index (χ0) is 16.9. The van der Waals surface area contributed by atoms with E-state index in [4.69, 9.17) is 14.0 Å². The van der Waals surface area contributed by atoms with Gasteiger partial charge in [0.05, 0.1) is 5.69 Å². The van der Waals surface area contributed by atoms with E-state index in [1.165, 1.54) is 25.0 Å². The summed E-state index contributed by atoms with van der Waals surface area (Å²) in [5.41, 5.74) is 1.33. The molecule has 0 saturated heterocycles. The van der Waals surface area contributed by atoms with Gasteiger partial charge in [-0.3, -0.25) is 0 Å². The van der Waals surface area contributed by atoms with E-state index < -0.39 is 0 Å². The minimum absolute atomic E-state index is 0.155. The van der Waals surface area contributed by atoms with Gasteiger partial charge < -0.3 is 4.42 Å². The Morgan fingerprint density at radius 3 is 2.57 bits per heavy atom. The molecule has 6 nitrogen and oxygen atoms in total. The Hall–Kier alpha value is -1.85. The molecule has 1 saturated carbocycles. The molecule has 7 heteroatoms. The molecule has 0 N–H and O–H groups in total. The molecule has 0 atom stereocenters. The maximum Gasteiger partial charge on any atom is 0.373 e. The quantitative estimate of drug-likeness (QED) is 0.849. The van der Waals surface area contributed by atoms with Crippen LogP contribution < -0.4 is 0 Å². The van der Waals surface area contributed by atoms with Gasteiger partial charge in [0.25, 0.3) is 5.89 Å². The molecule has 23 heavy (non-hydrogen) atoms. The van der Waals surface area contributed by atoms with E-state index in [1.54, 1.807) is 11.3 Å². The van der Waals surface area contributed by atoms with Gasteiger partial charge in [0.15, 0.2) is 5.01 Å². The molecule has 0 radical (unpaired) electrons. The lowest BCUT2D eigenvalue weighted by Crippen LogP contribution is -2.13. The molecular formula is C16H21N3O3S. The SMILES string of the molecule is CC(C)(C)Cc1nnc(-c2nc(CC3CCC3)cs2)o1.O=C=O. The van der Waals surface area contributed by atoms with Crippen LogP contribution in [0.1, 0.15) is 51.6 Å². The number of hydrogen-bond donors (Lipinski definition) is 0. The summed E-state index contributed by atoms with van der Waals surface area (Å²) in [4.78, 5) is 20.9. The largest absolute Gasteiger partial charge is 0.419 e. The van der Waals surface area contributed by atoms with Crippen molar-refractivity contribution in [1.82, 2.24) is 15.2 Å². The molecule has 0 aliphatic heterocycles. The number of nitrogens with zero attached hydrogens (tertiary/aromatic N) is 3. The smallest absolute Gasteiger partial charge is 0.373 e. The number of carbonyl (C=O) groups excluding carboxylic acids is 2. The fraction of sp³-hybridized carbons (Fsp3) is 0.625. The fourth-order valence-electron chi connectivity index (χ4n) is 2.36. The van der Waals surface area contributed by atoms with E-state index in [-0.39, 0.29) is 11.6 Å². The third-order valence-corrected chi connectivity index (χ3v) is 4.48. The molecule has 3 rings (SSSR count). The minimum Gasteiger partial charge on any atom is -0.419 e. The van der Waals surface area contributed by atoms with Gasteiger partial charge in [-0.05, 0) is 17.8 Å². The summed E-state index contributed by atoms with van der Waals surface area (Å²) in [6.07, 6.45) is 6.22. The van der Waals surface area contributed by atoms with Gasteiger partial charge in [-0.15, -0.1) is 21.5 Å². The van der Waals surface area contributed by atoms with Crippen LogP contribution in [-0.4, -0.2) is 21.3 Å². The maximum atomic E-state index is 8.12. The molecule has 0 aromatic carbocycles. The van der Waals surface area contributed by atoms with Crippen molar-refractivity contribution >= 4 is 17.5 Å². The molecule has 2 aromatic rings. The molecule has 1 aliphatic rings. The highest BCUT2D eigenvalue weighted by Crippen LogP contribution is 2.31. The van der Waals surface area contributed by atoms with E-state index in [1.807, 2.05) is 0 Å². The highest BCUT2D eigenvalue weighted by molar-refractivity contribution is 7.13. The zero-order valence-electron chi connectivity index (χ0n) is 13.7. The average Bonchev–Trinajstić information content (AvgIpc) is 3.01. The van der Waals surface area contributed by atoms with E-state index >= 15 is 0 Å². The van der Waals surface area contributed by atoms with E-state index in [0.717, 1.165) is 23.8 Å². The Morgan fingerprint density at radius 2 is 2.00 bits per heavy atom. The second-order valence-electron chi connectivity index (χ2n) is 6.97. The van der Waals surface area contributed by atoms with Crippen LogP contribution in [0.4, 0.5) is 0 Å². The molecule has 1 aliphatic carbocycles. The summed E-state index contributed by atoms with van der Waals surface area (Å²) in [7, 11) is 0. The number of thiazole rings is 1. The van der Waals surface area contributed by atoms with Crippen LogP contribution in [0.3, 0.4) is 0 Å². The first kappa shape index (κ1) is 17.5. The Balaban J connectivity index is 0.000000595. The monoisotopic (exact) mass is 335 g/mol. The number of rotatable bonds is 4. The summed E-state index contributed by atoms with van der Waals surface area (Å²) >= 11 is 1.60. The second-order valence-corrected chi connectivity index (χ2v) is 7.82. The molecule has 0 amide bonds. The van der Waals surface area contributed by atoms with E-state index in [2.05, 4.69) is 41.3 Å². The zero-order valence-corrected chi connectivity index (χ0v) is 14.5. The van der Waals surface area contributed by atoms with Crippen molar-refractivity contribution < 1.29 is 14.0 Å². The van der Waals surface area contributed by atoms with Crippen molar-refractivity contribution in [2.24, 2.45) is 11.3 Å². The lowest BCUT2D eigenvalue weighted by molar-refractivity contribution is -0.191. The Labute approximate surface area is 139 Å². The first-order chi connectivity index (χ1) is 10.9. The van der Waals surface area contributed by atoms with Crippen LogP contribution in [0.25, 0.3) is 10.9 Å². The summed E-state index contributed by atoms with van der Waals surface area (Å²) in [5.74, 6) is 2.10. The van der Waals surface area contributed by atoms with Crippen LogP contribution in [0.2, 0.25) is 0 Å². The highest BCUT2D eigenvalue weighted by Gasteiger charge is 2.21. The lowest BCUT2D eigenvalue weighted by Gasteiger charge is -2.24. The van der Waals surface area contributed by atoms with Crippen molar-refractivity contribution in [1.29, 1.82) is 0 Å². The van der Waals surface area contributed by atoms with Crippen LogP contribution in [0.5, 0.6) is 0 Å². The summed E-state index contributed by atoms with van der Waals surface area (Å²) in [6.45, 7) is 6.49. The summed E-state index contributed by atoms with van der Waals surface area (Å²) in [6, 6.07) is 0. The minimum atomic E-state index is 0.155. The van der Waals surface area contributed by atoms with Gasteiger partial charge in [-0.2, -0.15) is 9.59 Å². The Morgan fingerprint density at radius 1 is 1.30 bits per heavy atom. The number of hydrogen-bond acceptors (Lipinski definition) is 7. The normalized spacial score (nSPS) is 14.6. The molecule has 0 bridgehead atoms. The van der Waals surface area contributed by atoms with Crippen molar-refractivity contribution in [3.63, 3.8) is 0 Å². The summed E-state index contributed by atoms with van der Waals surface area (Å²) < 4.78 is 5.73. The first-order valence-corrected chi connectivity index (χ1v) is 8.55. The van der Waals surface area contributed by atoms with Crippen molar-refractivity contribution in [3.05, 3.63) is 17.0 Å². The van der Waals surface area contributed by atoms with Gasteiger partial charge in [0.2, 0.25) is 5.89 Å². The van der Waals surface area contributed by atoms with E-state index in [0.29, 0.717) is 11.8 Å². The van der Waals surface area contributed by atoms with E-state index in [9.17, 15) is 0 Å². The number of aromatic nitrogens is 3. The third-order valence-electron chi connectivity index (χ3n) is 3.61. The molecule has 2 aromatic heterocycles. The van der Waals surface area contributed by atoms with Gasteiger partial charge in [-0.1, -0.05) is 40.0 Å². The molecule has 0 spiro atoms. The predicted octanol–water partition coefficient (Wildman–Crippen LogP) is 3.54. The lowest BCUT2D eigenvalue weighted by atomic mass is 9.82. The van der Waals surface area contributed by atoms with Crippen molar-refractivity contribution in [3.8, 4) is 10.9 Å². The van der Waals surface area contributed by atoms with Crippen molar-refractivity contribution in [2.45, 2.75) is 52.9 Å². The average molecular weight is 335 g/mol. The van der Waals surface area contributed by atoms with Crippen LogP contribution in [0, 0.1) is 11.3 Å². The predicted molar refractivity (Wildman–Crippen MR) is 84.6 cm³/mol. The topological polar surface area (TPSA) is 85.9 Å². The van der Waals surface area contributed by atoms with Gasteiger partial charge in [0, 0.05) is 11.8 Å². The molecular weight excluding hydrogens is 314 g/mol. The third kappa shape index (κ3) is 5.37. The summed E-state index contributed by atoms with van der Waals surface area (Å²) in [5, 5.41) is 11.2. The molecule has 124 valence electrons. The van der Waals surface area contributed by atoms with Crippen LogP contribution in [-0.2, 0) is 22.4 Å². The first-order valence-electron chi connectivity index (χ1n) is 7.67. The van der Waals surface area contributed by atoms with Crippen LogP contribution in [0.15, 0.2) is 9.80 Å². The Kier molecular flexibility index (Phi) is 5.80. The van der Waals surface area contributed by atoms with Crippen LogP contribution >= 0.6 is 11.3 Å². The molecule has 2 heterocycles. The highest BCUT2D eigenvalue weighted by atomic mass is 32.1. The van der Waals surface area contributed by atoms with Crippen molar-refractivity contribution in [2.75, 3.05) is 0 Å². The maximum absolute atomic E-state index is 8.12. The standard InChI is InChI=1S/C15H21N3OS.CO2/c1-15(2,3)8-12-17-18-13(19-12)14-16-11(9-20-14)7-10-5-4-6-10;2-1-3/h9-10H,4-8H2,1-3H3;. The second kappa shape index (κ2) is 7.62. The Bertz CT molecular complexity index is 662. The van der Waals surface area contributed by atoms with Gasteiger partial charge in [0.1, 0.15) is 0 Å². The van der Waals surface area contributed by atoms with Gasteiger partial charge >= 0.3 is 6.15 Å². The molecule has 1 fully saturated rings.